The molecule has 1 nitrogen and oxygen atoms in total. The third-order valence-corrected chi connectivity index (χ3v) is 3.95. The molecular formula is C12H11BrFNS. The number of hydrogen-bond donors (Lipinski definition) is 0. The number of rotatable bonds is 3. The van der Waals surface area contributed by atoms with Crippen LogP contribution in [0.15, 0.2) is 40.2 Å². The maximum atomic E-state index is 13.0. The number of benzene rings is 1. The van der Waals surface area contributed by atoms with Crippen molar-refractivity contribution in [2.24, 2.45) is 0 Å². The van der Waals surface area contributed by atoms with Gasteiger partial charge in [0.15, 0.2) is 0 Å². The van der Waals surface area contributed by atoms with Gasteiger partial charge in [-0.05, 0) is 40.2 Å². The van der Waals surface area contributed by atoms with E-state index in [1.807, 2.05) is 18.0 Å². The van der Waals surface area contributed by atoms with E-state index in [4.69, 9.17) is 0 Å². The van der Waals surface area contributed by atoms with Crippen LogP contribution in [0, 0.1) is 5.82 Å². The van der Waals surface area contributed by atoms with E-state index in [-0.39, 0.29) is 5.82 Å². The van der Waals surface area contributed by atoms with Crippen LogP contribution in [0.4, 0.5) is 10.1 Å². The molecule has 1 heterocycles. The summed E-state index contributed by atoms with van der Waals surface area (Å²) in [5.74, 6) is -0.197. The van der Waals surface area contributed by atoms with E-state index >= 15 is 0 Å². The molecule has 0 radical (unpaired) electrons. The number of nitrogens with zero attached hydrogens (tertiary/aromatic N) is 1. The highest BCUT2D eigenvalue weighted by molar-refractivity contribution is 9.10. The second-order valence-electron chi connectivity index (χ2n) is 3.57. The maximum absolute atomic E-state index is 13.0. The average molecular weight is 300 g/mol. The second-order valence-corrected chi connectivity index (χ2v) is 5.48. The van der Waals surface area contributed by atoms with Gasteiger partial charge in [0, 0.05) is 27.5 Å². The third-order valence-electron chi connectivity index (χ3n) is 2.26. The zero-order valence-electron chi connectivity index (χ0n) is 8.78. The molecule has 0 bridgehead atoms. The first-order chi connectivity index (χ1) is 7.65. The molecule has 1 aromatic heterocycles. The highest BCUT2D eigenvalue weighted by atomic mass is 79.9. The van der Waals surface area contributed by atoms with E-state index in [2.05, 4.69) is 27.4 Å². The molecule has 4 heteroatoms. The van der Waals surface area contributed by atoms with E-state index < -0.39 is 0 Å². The molecule has 2 rings (SSSR count). The quantitative estimate of drug-likeness (QED) is 0.817. The highest BCUT2D eigenvalue weighted by Crippen LogP contribution is 2.23. The minimum absolute atomic E-state index is 0.197. The Morgan fingerprint density at radius 3 is 2.81 bits per heavy atom. The summed E-state index contributed by atoms with van der Waals surface area (Å²) in [5.41, 5.74) is 0.893. The molecule has 0 spiro atoms. The highest BCUT2D eigenvalue weighted by Gasteiger charge is 2.04. The predicted octanol–water partition coefficient (Wildman–Crippen LogP) is 4.29. The summed E-state index contributed by atoms with van der Waals surface area (Å²) in [6.45, 7) is 0.791. The fourth-order valence-corrected chi connectivity index (χ4v) is 2.98. The van der Waals surface area contributed by atoms with Crippen LogP contribution in [-0.4, -0.2) is 7.05 Å². The normalized spacial score (nSPS) is 10.4. The van der Waals surface area contributed by atoms with Crippen molar-refractivity contribution < 1.29 is 4.39 Å². The van der Waals surface area contributed by atoms with Crippen LogP contribution in [0.2, 0.25) is 0 Å². The van der Waals surface area contributed by atoms with Crippen molar-refractivity contribution >= 4 is 33.0 Å². The minimum Gasteiger partial charge on any atom is -0.369 e. The molecule has 0 unspecified atom stereocenters. The Morgan fingerprint density at radius 1 is 1.38 bits per heavy atom. The topological polar surface area (TPSA) is 3.24 Å². The van der Waals surface area contributed by atoms with Gasteiger partial charge in [-0.3, -0.25) is 0 Å². The first-order valence-electron chi connectivity index (χ1n) is 4.85. The molecule has 0 amide bonds. The van der Waals surface area contributed by atoms with Crippen LogP contribution in [0.3, 0.4) is 0 Å². The standard InChI is InChI=1S/C12H11BrFNS/c1-15(7-12-5-9(13)8-16-12)11-4-2-3-10(14)6-11/h2-6,8H,7H2,1H3. The van der Waals surface area contributed by atoms with Crippen LogP contribution in [0.5, 0.6) is 0 Å². The van der Waals surface area contributed by atoms with Gasteiger partial charge in [0.05, 0.1) is 6.54 Å². The van der Waals surface area contributed by atoms with E-state index in [0.717, 1.165) is 16.7 Å². The van der Waals surface area contributed by atoms with Crippen molar-refractivity contribution in [3.8, 4) is 0 Å². The van der Waals surface area contributed by atoms with Crippen molar-refractivity contribution in [2.75, 3.05) is 11.9 Å². The van der Waals surface area contributed by atoms with Crippen LogP contribution in [0.25, 0.3) is 0 Å². The zero-order chi connectivity index (χ0) is 11.5. The lowest BCUT2D eigenvalue weighted by Crippen LogP contribution is -2.15. The van der Waals surface area contributed by atoms with Crippen molar-refractivity contribution in [1.82, 2.24) is 0 Å². The van der Waals surface area contributed by atoms with Crippen molar-refractivity contribution in [1.29, 1.82) is 0 Å². The first-order valence-corrected chi connectivity index (χ1v) is 6.52. The zero-order valence-corrected chi connectivity index (χ0v) is 11.2. The Balaban J connectivity index is 2.11. The first kappa shape index (κ1) is 11.6. The van der Waals surface area contributed by atoms with Gasteiger partial charge < -0.3 is 4.90 Å². The SMILES string of the molecule is CN(Cc1cc(Br)cs1)c1cccc(F)c1. The lowest BCUT2D eigenvalue weighted by molar-refractivity contribution is 0.627. The molecule has 16 heavy (non-hydrogen) atoms. The summed E-state index contributed by atoms with van der Waals surface area (Å²) in [7, 11) is 1.96. The van der Waals surface area contributed by atoms with Crippen molar-refractivity contribution in [2.45, 2.75) is 6.54 Å². The largest absolute Gasteiger partial charge is 0.369 e. The molecule has 0 aliphatic carbocycles. The van der Waals surface area contributed by atoms with E-state index in [0.29, 0.717) is 0 Å². The predicted molar refractivity (Wildman–Crippen MR) is 70.5 cm³/mol. The number of thiophene rings is 1. The van der Waals surface area contributed by atoms with Gasteiger partial charge in [-0.1, -0.05) is 6.07 Å². The average Bonchev–Trinajstić information content (AvgIpc) is 2.64. The fraction of sp³-hybridized carbons (Fsp3) is 0.167. The molecule has 1 aromatic carbocycles. The lowest BCUT2D eigenvalue weighted by Gasteiger charge is -2.18. The molecule has 0 N–H and O–H groups in total. The van der Waals surface area contributed by atoms with Gasteiger partial charge in [0.2, 0.25) is 0 Å². The molecule has 0 fully saturated rings. The molecular weight excluding hydrogens is 289 g/mol. The van der Waals surface area contributed by atoms with E-state index in [9.17, 15) is 4.39 Å². The Morgan fingerprint density at radius 2 is 2.19 bits per heavy atom. The summed E-state index contributed by atoms with van der Waals surface area (Å²) < 4.78 is 14.1. The summed E-state index contributed by atoms with van der Waals surface area (Å²) in [6, 6.07) is 8.72. The maximum Gasteiger partial charge on any atom is 0.125 e. The lowest BCUT2D eigenvalue weighted by atomic mass is 10.3. The van der Waals surface area contributed by atoms with Crippen LogP contribution < -0.4 is 4.90 Å². The number of anilines is 1. The van der Waals surface area contributed by atoms with Crippen molar-refractivity contribution in [3.63, 3.8) is 0 Å². The summed E-state index contributed by atoms with van der Waals surface area (Å²) in [4.78, 5) is 3.28. The summed E-state index contributed by atoms with van der Waals surface area (Å²) >= 11 is 5.12. The monoisotopic (exact) mass is 299 g/mol. The van der Waals surface area contributed by atoms with Crippen molar-refractivity contribution in [3.05, 3.63) is 50.9 Å². The summed E-state index contributed by atoms with van der Waals surface area (Å²) in [6.07, 6.45) is 0. The van der Waals surface area contributed by atoms with Crippen LogP contribution in [-0.2, 0) is 6.54 Å². The number of hydrogen-bond acceptors (Lipinski definition) is 2. The fourth-order valence-electron chi connectivity index (χ4n) is 1.48. The van der Waals surface area contributed by atoms with Gasteiger partial charge in [0.25, 0.3) is 0 Å². The molecule has 0 saturated heterocycles. The number of halogens is 2. The van der Waals surface area contributed by atoms with Crippen LogP contribution in [0.1, 0.15) is 4.88 Å². The molecule has 0 aliphatic heterocycles. The smallest absolute Gasteiger partial charge is 0.125 e. The van der Waals surface area contributed by atoms with Gasteiger partial charge in [-0.2, -0.15) is 0 Å². The summed E-state index contributed by atoms with van der Waals surface area (Å²) in [5, 5.41) is 2.05. The molecule has 0 saturated carbocycles. The third kappa shape index (κ3) is 2.83. The van der Waals surface area contributed by atoms with Gasteiger partial charge in [-0.15, -0.1) is 11.3 Å². The Bertz CT molecular complexity index is 483. The molecule has 84 valence electrons. The van der Waals surface area contributed by atoms with E-state index in [1.54, 1.807) is 23.5 Å². The minimum atomic E-state index is -0.197. The van der Waals surface area contributed by atoms with Gasteiger partial charge >= 0.3 is 0 Å². The van der Waals surface area contributed by atoms with E-state index in [1.165, 1.54) is 10.9 Å². The Kier molecular flexibility index (Phi) is 3.61. The Hall–Kier alpha value is -0.870. The van der Waals surface area contributed by atoms with Gasteiger partial charge in [-0.25, -0.2) is 4.39 Å². The van der Waals surface area contributed by atoms with Gasteiger partial charge in [0.1, 0.15) is 5.82 Å². The Labute approximate surface area is 107 Å². The molecule has 0 aliphatic rings. The molecule has 0 atom stereocenters. The molecule has 2 aromatic rings. The second kappa shape index (κ2) is 4.97. The van der Waals surface area contributed by atoms with Crippen LogP contribution >= 0.6 is 27.3 Å².